The van der Waals surface area contributed by atoms with Crippen LogP contribution in [0.5, 0.6) is 0 Å². The van der Waals surface area contributed by atoms with Gasteiger partial charge in [0, 0.05) is 16.4 Å². The monoisotopic (exact) mass is 373 g/mol. The predicted octanol–water partition coefficient (Wildman–Crippen LogP) is 3.17. The van der Waals surface area contributed by atoms with E-state index in [1.54, 1.807) is 12.1 Å². The van der Waals surface area contributed by atoms with Crippen LogP contribution in [-0.2, 0) is 22.3 Å². The SMILES string of the molecule is O=C(Nc1c2c(nn1-c1ccccc1)CS(=O)C2)c1c(F)cccc1F. The number of carbonyl (C=O) groups is 1. The van der Waals surface area contributed by atoms with Gasteiger partial charge in [0.1, 0.15) is 23.0 Å². The van der Waals surface area contributed by atoms with E-state index < -0.39 is 33.9 Å². The van der Waals surface area contributed by atoms with Gasteiger partial charge in [0.25, 0.3) is 5.91 Å². The zero-order valence-electron chi connectivity index (χ0n) is 13.4. The molecule has 3 aromatic rings. The molecule has 1 N–H and O–H groups in total. The Bertz CT molecular complexity index is 1010. The third kappa shape index (κ3) is 2.82. The summed E-state index contributed by atoms with van der Waals surface area (Å²) in [6, 6.07) is 12.3. The summed E-state index contributed by atoms with van der Waals surface area (Å²) in [6.45, 7) is 0. The largest absolute Gasteiger partial charge is 0.306 e. The van der Waals surface area contributed by atoms with Gasteiger partial charge in [-0.1, -0.05) is 24.3 Å². The van der Waals surface area contributed by atoms with Crippen LogP contribution in [0.1, 0.15) is 21.6 Å². The molecule has 132 valence electrons. The predicted molar refractivity (Wildman–Crippen MR) is 93.4 cm³/mol. The highest BCUT2D eigenvalue weighted by Gasteiger charge is 2.29. The van der Waals surface area contributed by atoms with Crippen molar-refractivity contribution in [3.63, 3.8) is 0 Å². The Hall–Kier alpha value is -2.87. The quantitative estimate of drug-likeness (QED) is 0.767. The van der Waals surface area contributed by atoms with E-state index in [0.717, 1.165) is 12.1 Å². The summed E-state index contributed by atoms with van der Waals surface area (Å²) in [4.78, 5) is 12.5. The molecule has 0 saturated carbocycles. The first-order valence-electron chi connectivity index (χ1n) is 7.81. The number of halogens is 2. The van der Waals surface area contributed by atoms with E-state index in [4.69, 9.17) is 0 Å². The number of benzene rings is 2. The van der Waals surface area contributed by atoms with Crippen molar-refractivity contribution in [2.45, 2.75) is 11.5 Å². The molecule has 0 fully saturated rings. The third-order valence-electron chi connectivity index (χ3n) is 4.09. The van der Waals surface area contributed by atoms with Crippen LogP contribution in [0, 0.1) is 11.6 Å². The summed E-state index contributed by atoms with van der Waals surface area (Å²) in [5, 5.41) is 6.98. The first-order valence-corrected chi connectivity index (χ1v) is 9.30. The highest BCUT2D eigenvalue weighted by molar-refractivity contribution is 7.83. The van der Waals surface area contributed by atoms with Crippen molar-refractivity contribution < 1.29 is 17.8 Å². The van der Waals surface area contributed by atoms with Crippen molar-refractivity contribution in [2.24, 2.45) is 0 Å². The molecule has 1 amide bonds. The van der Waals surface area contributed by atoms with Gasteiger partial charge in [-0.3, -0.25) is 9.00 Å². The van der Waals surface area contributed by atoms with Crippen molar-refractivity contribution >= 4 is 22.5 Å². The number of anilines is 1. The van der Waals surface area contributed by atoms with Crippen molar-refractivity contribution in [3.8, 4) is 5.69 Å². The molecular formula is C18H13F2N3O2S. The van der Waals surface area contributed by atoms with Gasteiger partial charge in [0.2, 0.25) is 0 Å². The van der Waals surface area contributed by atoms with Crippen LogP contribution in [0.15, 0.2) is 48.5 Å². The fourth-order valence-corrected chi connectivity index (χ4v) is 4.16. The number of hydrogen-bond acceptors (Lipinski definition) is 3. The van der Waals surface area contributed by atoms with E-state index in [1.165, 1.54) is 10.7 Å². The molecule has 26 heavy (non-hydrogen) atoms. The fraction of sp³-hybridized carbons (Fsp3) is 0.111. The molecule has 2 heterocycles. The molecule has 0 radical (unpaired) electrons. The van der Waals surface area contributed by atoms with Crippen LogP contribution in [0.3, 0.4) is 0 Å². The lowest BCUT2D eigenvalue weighted by molar-refractivity contribution is 0.101. The number of carbonyl (C=O) groups excluding carboxylic acids is 1. The smallest absolute Gasteiger partial charge is 0.262 e. The van der Waals surface area contributed by atoms with E-state index in [2.05, 4.69) is 10.4 Å². The highest BCUT2D eigenvalue weighted by Crippen LogP contribution is 2.31. The third-order valence-corrected chi connectivity index (χ3v) is 5.30. The van der Waals surface area contributed by atoms with Crippen LogP contribution in [0.25, 0.3) is 5.69 Å². The fourth-order valence-electron chi connectivity index (χ4n) is 2.90. The number of fused-ring (bicyclic) bond motifs is 1. The summed E-state index contributed by atoms with van der Waals surface area (Å²) in [5.74, 6) is -2.02. The minimum Gasteiger partial charge on any atom is -0.306 e. The summed E-state index contributed by atoms with van der Waals surface area (Å²) in [6.07, 6.45) is 0. The molecule has 8 heteroatoms. The molecule has 0 aliphatic carbocycles. The van der Waals surface area contributed by atoms with E-state index in [1.807, 2.05) is 18.2 Å². The topological polar surface area (TPSA) is 64.0 Å². The molecule has 1 aliphatic heterocycles. The molecular weight excluding hydrogens is 360 g/mol. The zero-order valence-corrected chi connectivity index (χ0v) is 14.2. The van der Waals surface area contributed by atoms with Gasteiger partial charge in [-0.05, 0) is 24.3 Å². The van der Waals surface area contributed by atoms with Crippen molar-refractivity contribution in [2.75, 3.05) is 5.32 Å². The second kappa shape index (κ2) is 6.45. The van der Waals surface area contributed by atoms with Crippen LogP contribution in [0.4, 0.5) is 14.6 Å². The van der Waals surface area contributed by atoms with E-state index in [9.17, 15) is 17.8 Å². The Kier molecular flexibility index (Phi) is 4.12. The maximum atomic E-state index is 13.9. The Morgan fingerprint density at radius 1 is 1.04 bits per heavy atom. The molecule has 1 aliphatic rings. The Morgan fingerprint density at radius 2 is 1.73 bits per heavy atom. The molecule has 5 nitrogen and oxygen atoms in total. The number of aromatic nitrogens is 2. The lowest BCUT2D eigenvalue weighted by atomic mass is 10.1. The number of nitrogens with zero attached hydrogens (tertiary/aromatic N) is 2. The number of para-hydroxylation sites is 1. The lowest BCUT2D eigenvalue weighted by Crippen LogP contribution is -2.19. The van der Waals surface area contributed by atoms with Crippen LogP contribution < -0.4 is 5.32 Å². The molecule has 1 atom stereocenters. The van der Waals surface area contributed by atoms with Crippen molar-refractivity contribution in [1.29, 1.82) is 0 Å². The summed E-state index contributed by atoms with van der Waals surface area (Å²) in [7, 11) is -1.11. The standard InChI is InChI=1S/C18H13F2N3O2S/c19-13-7-4-8-14(20)16(13)18(24)21-17-12-9-26(25)10-15(12)22-23(17)11-5-2-1-3-6-11/h1-8H,9-10H2,(H,21,24). The summed E-state index contributed by atoms with van der Waals surface area (Å²) in [5.41, 5.74) is 1.24. The lowest BCUT2D eigenvalue weighted by Gasteiger charge is -2.11. The maximum absolute atomic E-state index is 13.9. The van der Waals surface area contributed by atoms with Gasteiger partial charge < -0.3 is 5.32 Å². The molecule has 1 aromatic heterocycles. The Balaban J connectivity index is 1.79. The average Bonchev–Trinajstić information content (AvgIpc) is 3.13. The van der Waals surface area contributed by atoms with Crippen LogP contribution >= 0.6 is 0 Å². The minimum atomic E-state index is -1.11. The second-order valence-electron chi connectivity index (χ2n) is 5.80. The minimum absolute atomic E-state index is 0.234. The van der Waals surface area contributed by atoms with Crippen LogP contribution in [-0.4, -0.2) is 19.9 Å². The second-order valence-corrected chi connectivity index (χ2v) is 7.26. The van der Waals surface area contributed by atoms with Gasteiger partial charge in [-0.25, -0.2) is 13.5 Å². The zero-order chi connectivity index (χ0) is 18.3. The molecule has 0 bridgehead atoms. The first kappa shape index (κ1) is 16.6. The Morgan fingerprint density at radius 3 is 2.42 bits per heavy atom. The summed E-state index contributed by atoms with van der Waals surface area (Å²) < 4.78 is 41.2. The van der Waals surface area contributed by atoms with Gasteiger partial charge in [0.05, 0.1) is 22.9 Å². The van der Waals surface area contributed by atoms with Crippen molar-refractivity contribution in [1.82, 2.24) is 9.78 Å². The first-order chi connectivity index (χ1) is 12.5. The maximum Gasteiger partial charge on any atom is 0.262 e. The van der Waals surface area contributed by atoms with Gasteiger partial charge in [-0.2, -0.15) is 5.10 Å². The van der Waals surface area contributed by atoms with E-state index in [-0.39, 0.29) is 17.3 Å². The van der Waals surface area contributed by atoms with Gasteiger partial charge in [-0.15, -0.1) is 0 Å². The van der Waals surface area contributed by atoms with Gasteiger partial charge >= 0.3 is 0 Å². The molecule has 1 unspecified atom stereocenters. The number of nitrogens with one attached hydrogen (secondary N) is 1. The molecule has 4 rings (SSSR count). The molecule has 0 saturated heterocycles. The summed E-state index contributed by atoms with van der Waals surface area (Å²) >= 11 is 0. The van der Waals surface area contributed by atoms with Crippen molar-refractivity contribution in [3.05, 3.63) is 77.0 Å². The van der Waals surface area contributed by atoms with Gasteiger partial charge in [0.15, 0.2) is 0 Å². The van der Waals surface area contributed by atoms with E-state index >= 15 is 0 Å². The number of amides is 1. The molecule has 2 aromatic carbocycles. The highest BCUT2D eigenvalue weighted by atomic mass is 32.2. The van der Waals surface area contributed by atoms with Crippen LogP contribution in [0.2, 0.25) is 0 Å². The molecule has 0 spiro atoms. The van der Waals surface area contributed by atoms with E-state index in [0.29, 0.717) is 16.9 Å². The Labute approximate surface area is 150 Å². The number of rotatable bonds is 3. The number of hydrogen-bond donors (Lipinski definition) is 1. The average molecular weight is 373 g/mol. The normalized spacial score (nSPS) is 15.7.